The fourth-order valence-corrected chi connectivity index (χ4v) is 4.16. The number of halogens is 3. The summed E-state index contributed by atoms with van der Waals surface area (Å²) in [6.45, 7) is 4.91. The van der Waals surface area contributed by atoms with Crippen LogP contribution in [0.25, 0.3) is 22.4 Å². The van der Waals surface area contributed by atoms with Crippen LogP contribution in [0.3, 0.4) is 0 Å². The van der Waals surface area contributed by atoms with Crippen molar-refractivity contribution in [2.24, 2.45) is 0 Å². The normalized spacial score (nSPS) is 14.4. The van der Waals surface area contributed by atoms with Gasteiger partial charge in [-0.2, -0.15) is 13.2 Å². The van der Waals surface area contributed by atoms with Crippen LogP contribution >= 0.6 is 8.46 Å². The lowest BCUT2D eigenvalue weighted by atomic mass is 10.1. The molecule has 10 nitrogen and oxygen atoms in total. The molecule has 2 N–H and O–H groups in total. The topological polar surface area (TPSA) is 127 Å². The van der Waals surface area contributed by atoms with E-state index in [1.54, 1.807) is 20.8 Å². The number of ether oxygens (including phenoxy) is 1. The number of aromatic amines is 1. The summed E-state index contributed by atoms with van der Waals surface area (Å²) in [6.07, 6.45) is -2.92. The highest BCUT2D eigenvalue weighted by atomic mass is 31.1. The monoisotopic (exact) mass is 483 g/mol. The first-order chi connectivity index (χ1) is 15.5. The van der Waals surface area contributed by atoms with Gasteiger partial charge in [-0.15, -0.1) is 10.2 Å². The fraction of sp³-hybridized carbons (Fsp3) is 0.368. The van der Waals surface area contributed by atoms with Gasteiger partial charge in [0.15, 0.2) is 0 Å². The van der Waals surface area contributed by atoms with E-state index in [9.17, 15) is 27.6 Å². The van der Waals surface area contributed by atoms with Crippen molar-refractivity contribution in [1.29, 1.82) is 0 Å². The van der Waals surface area contributed by atoms with Crippen molar-refractivity contribution in [3.8, 4) is 5.69 Å². The third kappa shape index (κ3) is 3.71. The highest BCUT2D eigenvalue weighted by Crippen LogP contribution is 2.38. The molecule has 4 aromatic rings. The summed E-state index contributed by atoms with van der Waals surface area (Å²) in [6, 6.07) is 1.98. The van der Waals surface area contributed by atoms with Crippen LogP contribution in [-0.4, -0.2) is 40.8 Å². The maximum atomic E-state index is 14.0. The number of aromatic nitrogens is 6. The minimum Gasteiger partial charge on any atom is -0.320 e. The number of imidazole rings is 1. The van der Waals surface area contributed by atoms with Crippen molar-refractivity contribution in [3.05, 3.63) is 51.6 Å². The molecule has 0 spiro atoms. The SMILES string of the molecule is CCOC(O)([PH+]=O)c1nnc2c(=O)[nH]c3cc(C(F)(F)F)c(-n4cc(C)nc4CC)cc3n12. The quantitative estimate of drug-likeness (QED) is 0.319. The van der Waals surface area contributed by atoms with Crippen LogP contribution in [-0.2, 0) is 27.4 Å². The Hall–Kier alpha value is -3.15. The molecular weight excluding hydrogens is 464 g/mol. The first-order valence-electron chi connectivity index (χ1n) is 9.87. The molecule has 4 rings (SSSR count). The largest absolute Gasteiger partial charge is 0.433 e. The van der Waals surface area contributed by atoms with Crippen LogP contribution in [0.4, 0.5) is 13.2 Å². The zero-order chi connectivity index (χ0) is 24.1. The fourth-order valence-electron chi connectivity index (χ4n) is 3.70. The molecule has 0 amide bonds. The van der Waals surface area contributed by atoms with Gasteiger partial charge in [0, 0.05) is 12.6 Å². The Balaban J connectivity index is 2.18. The van der Waals surface area contributed by atoms with Crippen LogP contribution in [0.15, 0.2) is 23.1 Å². The van der Waals surface area contributed by atoms with Gasteiger partial charge in [-0.05, 0) is 26.0 Å². The molecule has 33 heavy (non-hydrogen) atoms. The van der Waals surface area contributed by atoms with Gasteiger partial charge in [-0.25, -0.2) is 4.98 Å². The Bertz CT molecular complexity index is 1440. The molecule has 0 aliphatic carbocycles. The van der Waals surface area contributed by atoms with Gasteiger partial charge in [0.05, 0.1) is 34.6 Å². The Morgan fingerprint density at radius 1 is 1.24 bits per heavy atom. The number of hydrogen-bond acceptors (Lipinski definition) is 7. The maximum Gasteiger partial charge on any atom is 0.433 e. The summed E-state index contributed by atoms with van der Waals surface area (Å²) >= 11 is 0. The van der Waals surface area contributed by atoms with Crippen molar-refractivity contribution in [2.45, 2.75) is 38.9 Å². The predicted octanol–water partition coefficient (Wildman–Crippen LogP) is 2.81. The zero-order valence-corrected chi connectivity index (χ0v) is 18.7. The molecule has 1 aromatic carbocycles. The van der Waals surface area contributed by atoms with Crippen LogP contribution in [0.5, 0.6) is 0 Å². The van der Waals surface area contributed by atoms with Crippen molar-refractivity contribution in [2.75, 3.05) is 6.61 Å². The van der Waals surface area contributed by atoms with Crippen molar-refractivity contribution < 1.29 is 27.6 Å². The number of hydrogen-bond donors (Lipinski definition) is 2. The zero-order valence-electron chi connectivity index (χ0n) is 17.7. The third-order valence-corrected chi connectivity index (χ3v) is 5.69. The summed E-state index contributed by atoms with van der Waals surface area (Å²) < 4.78 is 61.4. The van der Waals surface area contributed by atoms with E-state index >= 15 is 0 Å². The number of rotatable bonds is 6. The highest BCUT2D eigenvalue weighted by molar-refractivity contribution is 7.24. The second-order valence-corrected chi connectivity index (χ2v) is 8.10. The Labute approximate surface area is 185 Å². The molecule has 3 aromatic heterocycles. The molecule has 0 saturated heterocycles. The molecule has 2 unspecified atom stereocenters. The van der Waals surface area contributed by atoms with Crippen LogP contribution in [0.1, 0.15) is 36.8 Å². The second kappa shape index (κ2) is 8.01. The minimum absolute atomic E-state index is 0.0392. The molecule has 0 bridgehead atoms. The minimum atomic E-state index is -4.75. The molecule has 174 valence electrons. The molecule has 2 atom stereocenters. The number of benzene rings is 1. The standard InChI is InChI=1S/C19H18F3N6O4P/c1-4-14-23-9(3)8-27(14)12-7-13-11(6-10(12)18(20,21)22)24-16(29)15-25-26-17(28(13)15)19(30,33-31)32-5-2/h6-8,30H,4-5H2,1-3H3,(H,24,29)/p+1. The Morgan fingerprint density at radius 3 is 2.58 bits per heavy atom. The highest BCUT2D eigenvalue weighted by Gasteiger charge is 2.46. The van der Waals surface area contributed by atoms with Gasteiger partial charge in [0.2, 0.25) is 5.65 Å². The molecular formula is C19H19F3N6O4P+. The van der Waals surface area contributed by atoms with E-state index in [0.717, 1.165) is 10.5 Å². The first kappa shape index (κ1) is 23.0. The summed E-state index contributed by atoms with van der Waals surface area (Å²) in [4.78, 5) is 19.2. The Morgan fingerprint density at radius 2 is 1.97 bits per heavy atom. The lowest BCUT2D eigenvalue weighted by Gasteiger charge is -2.18. The maximum absolute atomic E-state index is 14.0. The summed E-state index contributed by atoms with van der Waals surface area (Å²) in [7, 11) is -1.45. The first-order valence-corrected chi connectivity index (χ1v) is 10.8. The van der Waals surface area contributed by atoms with Gasteiger partial charge in [0.25, 0.3) is 11.4 Å². The number of nitrogens with one attached hydrogen (secondary N) is 1. The summed E-state index contributed by atoms with van der Waals surface area (Å²) in [5, 5.41) is 18.2. The Kier molecular flexibility index (Phi) is 5.59. The van der Waals surface area contributed by atoms with Gasteiger partial charge in [-0.1, -0.05) is 11.5 Å². The van der Waals surface area contributed by atoms with E-state index in [0.29, 0.717) is 17.9 Å². The van der Waals surface area contributed by atoms with Crippen molar-refractivity contribution in [1.82, 2.24) is 29.1 Å². The molecule has 0 radical (unpaired) electrons. The van der Waals surface area contributed by atoms with Crippen LogP contribution < -0.4 is 5.56 Å². The molecule has 14 heteroatoms. The smallest absolute Gasteiger partial charge is 0.320 e. The van der Waals surface area contributed by atoms with Gasteiger partial charge in [-0.3, -0.25) is 9.20 Å². The predicted molar refractivity (Wildman–Crippen MR) is 112 cm³/mol. The number of fused-ring (bicyclic) bond motifs is 3. The molecule has 3 heterocycles. The average Bonchev–Trinajstić information content (AvgIpc) is 3.37. The number of H-pyrrole nitrogens is 1. The van der Waals surface area contributed by atoms with E-state index in [2.05, 4.69) is 20.2 Å². The van der Waals surface area contributed by atoms with Gasteiger partial charge >= 0.3 is 20.2 Å². The third-order valence-electron chi connectivity index (χ3n) is 5.04. The second-order valence-electron chi connectivity index (χ2n) is 7.22. The summed E-state index contributed by atoms with van der Waals surface area (Å²) in [5.74, 6) is 0.000813. The number of alkyl halides is 3. The lowest BCUT2D eigenvalue weighted by Crippen LogP contribution is -2.26. The van der Waals surface area contributed by atoms with E-state index < -0.39 is 37.1 Å². The van der Waals surface area contributed by atoms with E-state index in [-0.39, 0.29) is 29.0 Å². The number of nitrogens with zero attached hydrogens (tertiary/aromatic N) is 5. The van der Waals surface area contributed by atoms with Crippen molar-refractivity contribution >= 4 is 25.1 Å². The van der Waals surface area contributed by atoms with Crippen molar-refractivity contribution in [3.63, 3.8) is 0 Å². The van der Waals surface area contributed by atoms with Crippen LogP contribution in [0.2, 0.25) is 0 Å². The summed E-state index contributed by atoms with van der Waals surface area (Å²) in [5.41, 5.74) is -4.44. The van der Waals surface area contributed by atoms with Crippen LogP contribution in [0, 0.1) is 6.92 Å². The van der Waals surface area contributed by atoms with E-state index in [1.165, 1.54) is 16.8 Å². The number of aliphatic hydroxyl groups is 1. The molecule has 0 fully saturated rings. The molecule has 0 aliphatic heterocycles. The van der Waals surface area contributed by atoms with Gasteiger partial charge in [0.1, 0.15) is 5.82 Å². The average molecular weight is 483 g/mol. The molecule has 0 saturated carbocycles. The van der Waals surface area contributed by atoms with E-state index in [4.69, 9.17) is 4.74 Å². The lowest BCUT2D eigenvalue weighted by molar-refractivity contribution is -0.143. The molecule has 0 aliphatic rings. The van der Waals surface area contributed by atoms with E-state index in [1.807, 2.05) is 0 Å². The number of aryl methyl sites for hydroxylation is 2. The van der Waals surface area contributed by atoms with Gasteiger partial charge < -0.3 is 19.4 Å².